The summed E-state index contributed by atoms with van der Waals surface area (Å²) in [5, 5.41) is 9.75. The predicted octanol–water partition coefficient (Wildman–Crippen LogP) is 3.12. The molecule has 0 aromatic carbocycles. The molecule has 0 saturated heterocycles. The number of rotatable bonds is 3. The minimum atomic E-state index is -0.239. The van der Waals surface area contributed by atoms with E-state index in [1.54, 1.807) is 0 Å². The van der Waals surface area contributed by atoms with Gasteiger partial charge in [-0.05, 0) is 34.3 Å². The Morgan fingerprint density at radius 1 is 1.67 bits per heavy atom. The summed E-state index contributed by atoms with van der Waals surface area (Å²) in [6.45, 7) is 4.41. The third kappa shape index (κ3) is 2.02. The first-order valence-corrected chi connectivity index (χ1v) is 5.82. The van der Waals surface area contributed by atoms with Crippen molar-refractivity contribution in [2.75, 3.05) is 0 Å². The Morgan fingerprint density at radius 3 is 2.67 bits per heavy atom. The van der Waals surface area contributed by atoms with Gasteiger partial charge in [-0.15, -0.1) is 0 Å². The van der Waals surface area contributed by atoms with Gasteiger partial charge >= 0.3 is 0 Å². The Labute approximate surface area is 88.4 Å². The van der Waals surface area contributed by atoms with Crippen molar-refractivity contribution in [1.82, 2.24) is 0 Å². The van der Waals surface area contributed by atoms with E-state index in [1.807, 2.05) is 10.2 Å². The van der Waals surface area contributed by atoms with E-state index in [-0.39, 0.29) is 11.5 Å². The largest absolute Gasteiger partial charge is 0.388 e. The fourth-order valence-corrected chi connectivity index (χ4v) is 2.48. The molecule has 1 atom stereocenters. The summed E-state index contributed by atoms with van der Waals surface area (Å²) in [4.78, 5) is 0. The molecule has 0 aromatic rings. The van der Waals surface area contributed by atoms with E-state index >= 15 is 0 Å². The first-order chi connectivity index (χ1) is 5.62. The molecule has 12 heavy (non-hydrogen) atoms. The van der Waals surface area contributed by atoms with E-state index in [4.69, 9.17) is 0 Å². The fourth-order valence-electron chi connectivity index (χ4n) is 2.09. The lowest BCUT2D eigenvalue weighted by atomic mass is 9.59. The van der Waals surface area contributed by atoms with Gasteiger partial charge in [0.1, 0.15) is 0 Å². The minimum Gasteiger partial charge on any atom is -0.388 e. The van der Waals surface area contributed by atoms with Gasteiger partial charge in [-0.25, -0.2) is 0 Å². The van der Waals surface area contributed by atoms with Gasteiger partial charge in [0.25, 0.3) is 0 Å². The minimum absolute atomic E-state index is 0.169. The normalized spacial score (nSPS) is 38.2. The summed E-state index contributed by atoms with van der Waals surface area (Å²) in [6, 6.07) is 0. The second-order valence-electron chi connectivity index (χ2n) is 4.10. The van der Waals surface area contributed by atoms with E-state index in [1.165, 1.54) is 19.3 Å². The number of aliphatic hydroxyl groups is 1. The summed E-state index contributed by atoms with van der Waals surface area (Å²) in [5.74, 6) is 0.854. The van der Waals surface area contributed by atoms with E-state index in [9.17, 15) is 5.11 Å². The molecule has 0 aromatic heterocycles. The van der Waals surface area contributed by atoms with Crippen molar-refractivity contribution in [3.8, 4) is 0 Å². The van der Waals surface area contributed by atoms with Gasteiger partial charge in [-0.3, -0.25) is 0 Å². The molecule has 0 spiro atoms. The highest BCUT2D eigenvalue weighted by Gasteiger charge is 2.43. The molecule has 1 nitrogen and oxygen atoms in total. The summed E-state index contributed by atoms with van der Waals surface area (Å²) in [5.41, 5.74) is 0.169. The van der Waals surface area contributed by atoms with Crippen LogP contribution in [0, 0.1) is 11.3 Å². The molecule has 0 amide bonds. The van der Waals surface area contributed by atoms with Gasteiger partial charge in [-0.2, -0.15) is 0 Å². The molecule has 1 aliphatic carbocycles. The molecular formula is C10H17IO. The molecule has 0 bridgehead atoms. The second-order valence-corrected chi connectivity index (χ2v) is 4.82. The van der Waals surface area contributed by atoms with E-state index in [2.05, 4.69) is 36.4 Å². The lowest BCUT2D eigenvalue weighted by Gasteiger charge is -2.47. The highest BCUT2D eigenvalue weighted by atomic mass is 127. The van der Waals surface area contributed by atoms with Gasteiger partial charge in [0, 0.05) is 0 Å². The topological polar surface area (TPSA) is 20.2 Å². The van der Waals surface area contributed by atoms with Crippen molar-refractivity contribution in [2.24, 2.45) is 11.3 Å². The molecule has 2 heteroatoms. The van der Waals surface area contributed by atoms with Gasteiger partial charge < -0.3 is 5.11 Å². The number of hydrogen-bond acceptors (Lipinski definition) is 1. The van der Waals surface area contributed by atoms with Crippen molar-refractivity contribution >= 4 is 22.6 Å². The molecule has 1 aliphatic rings. The van der Waals surface area contributed by atoms with Crippen LogP contribution in [0.25, 0.3) is 0 Å². The highest BCUT2D eigenvalue weighted by molar-refractivity contribution is 14.1. The molecular weight excluding hydrogens is 263 g/mol. The Balaban J connectivity index is 2.43. The zero-order valence-electron chi connectivity index (χ0n) is 7.76. The van der Waals surface area contributed by atoms with Gasteiger partial charge in [0.15, 0.2) is 0 Å². The molecule has 1 N–H and O–H groups in total. The molecule has 0 heterocycles. The quantitative estimate of drug-likeness (QED) is 0.787. The van der Waals surface area contributed by atoms with E-state index < -0.39 is 0 Å². The smallest absolute Gasteiger partial charge is 0.0782 e. The Bertz CT molecular complexity index is 171. The maximum absolute atomic E-state index is 9.75. The van der Waals surface area contributed by atoms with Crippen LogP contribution in [0.4, 0.5) is 0 Å². The van der Waals surface area contributed by atoms with Crippen LogP contribution < -0.4 is 0 Å². The molecule has 1 fully saturated rings. The summed E-state index contributed by atoms with van der Waals surface area (Å²) < 4.78 is 1.91. The Morgan fingerprint density at radius 2 is 2.25 bits per heavy atom. The average molecular weight is 280 g/mol. The third-order valence-corrected chi connectivity index (χ3v) is 3.47. The summed E-state index contributed by atoms with van der Waals surface area (Å²) in [6.07, 6.45) is 5.29. The number of hydrogen-bond donors (Lipinski definition) is 1. The van der Waals surface area contributed by atoms with E-state index in [0.717, 1.165) is 5.92 Å². The number of aliphatic hydroxyl groups excluding tert-OH is 1. The van der Waals surface area contributed by atoms with Gasteiger partial charge in [-0.1, -0.05) is 42.9 Å². The van der Waals surface area contributed by atoms with Crippen molar-refractivity contribution in [3.05, 3.63) is 10.2 Å². The maximum atomic E-state index is 9.75. The van der Waals surface area contributed by atoms with Crippen molar-refractivity contribution in [2.45, 2.75) is 39.2 Å². The standard InChI is InChI=1S/C10H17IO/c1-3-8-6-10(2,7-8)9(12)4-5-11/h4-5,8-9,12H,3,6-7H2,1-2H3. The second kappa shape index (κ2) is 4.09. The zero-order valence-corrected chi connectivity index (χ0v) is 9.91. The van der Waals surface area contributed by atoms with Crippen LogP contribution in [0.15, 0.2) is 10.2 Å². The monoisotopic (exact) mass is 280 g/mol. The molecule has 70 valence electrons. The lowest BCUT2D eigenvalue weighted by Crippen LogP contribution is -2.43. The van der Waals surface area contributed by atoms with Crippen molar-refractivity contribution in [3.63, 3.8) is 0 Å². The lowest BCUT2D eigenvalue weighted by molar-refractivity contribution is -0.0314. The van der Waals surface area contributed by atoms with Gasteiger partial charge in [0.05, 0.1) is 6.10 Å². The van der Waals surface area contributed by atoms with Crippen molar-refractivity contribution in [1.29, 1.82) is 0 Å². The average Bonchev–Trinajstić information content (AvgIpc) is 1.99. The molecule has 0 radical (unpaired) electrons. The molecule has 1 saturated carbocycles. The van der Waals surface area contributed by atoms with Crippen LogP contribution in [0.2, 0.25) is 0 Å². The van der Waals surface area contributed by atoms with Crippen LogP contribution in [0.3, 0.4) is 0 Å². The predicted molar refractivity (Wildman–Crippen MR) is 60.3 cm³/mol. The SMILES string of the molecule is CCC1CC(C)(C(O)C=CI)C1. The maximum Gasteiger partial charge on any atom is 0.0782 e. The molecule has 0 aliphatic heterocycles. The Kier molecular flexibility index (Phi) is 3.58. The first kappa shape index (κ1) is 10.5. The molecule has 1 unspecified atom stereocenters. The summed E-state index contributed by atoms with van der Waals surface area (Å²) in [7, 11) is 0. The zero-order chi connectivity index (χ0) is 9.19. The van der Waals surface area contributed by atoms with Crippen LogP contribution in [0.5, 0.6) is 0 Å². The van der Waals surface area contributed by atoms with Crippen LogP contribution in [-0.2, 0) is 0 Å². The van der Waals surface area contributed by atoms with Crippen LogP contribution >= 0.6 is 22.6 Å². The fraction of sp³-hybridized carbons (Fsp3) is 0.800. The number of halogens is 1. The Hall–Kier alpha value is 0.430. The van der Waals surface area contributed by atoms with E-state index in [0.29, 0.717) is 0 Å². The van der Waals surface area contributed by atoms with Gasteiger partial charge in [0.2, 0.25) is 0 Å². The first-order valence-electron chi connectivity index (χ1n) is 4.57. The molecule has 1 rings (SSSR count). The third-order valence-electron chi connectivity index (χ3n) is 3.06. The summed E-state index contributed by atoms with van der Waals surface area (Å²) >= 11 is 2.16. The highest BCUT2D eigenvalue weighted by Crippen LogP contribution is 2.49. The van der Waals surface area contributed by atoms with Crippen molar-refractivity contribution < 1.29 is 5.11 Å². The van der Waals surface area contributed by atoms with Crippen LogP contribution in [0.1, 0.15) is 33.1 Å². The van der Waals surface area contributed by atoms with Crippen LogP contribution in [-0.4, -0.2) is 11.2 Å².